The number of carbonyl (C=O) groups is 1. The highest BCUT2D eigenvalue weighted by atomic mass is 16.2. The van der Waals surface area contributed by atoms with Gasteiger partial charge in [-0.15, -0.1) is 0 Å². The van der Waals surface area contributed by atoms with Crippen molar-refractivity contribution < 1.29 is 4.79 Å². The number of rotatable bonds is 5. The lowest BCUT2D eigenvalue weighted by atomic mass is 9.81. The molecule has 1 aliphatic rings. The molecule has 0 bridgehead atoms. The number of hydrogen-bond donors (Lipinski definition) is 2. The van der Waals surface area contributed by atoms with Gasteiger partial charge in [0.25, 0.3) is 0 Å². The minimum atomic E-state index is -0.127. The minimum absolute atomic E-state index is 0.0968. The number of amides is 1. The highest BCUT2D eigenvalue weighted by Crippen LogP contribution is 2.30. The van der Waals surface area contributed by atoms with Gasteiger partial charge in [0, 0.05) is 5.54 Å². The van der Waals surface area contributed by atoms with Gasteiger partial charge in [-0.05, 0) is 52.0 Å². The second-order valence-corrected chi connectivity index (χ2v) is 6.90. The van der Waals surface area contributed by atoms with E-state index in [0.29, 0.717) is 6.54 Å². The Hall–Kier alpha value is -0.570. The maximum Gasteiger partial charge on any atom is 0.234 e. The fourth-order valence-electron chi connectivity index (χ4n) is 2.79. The molecule has 1 aliphatic carbocycles. The SMILES string of the molecule is CC1CCCC(CCNCC(=O)NC(C)(C)C)C1. The molecule has 18 heavy (non-hydrogen) atoms. The van der Waals surface area contributed by atoms with Crippen LogP contribution in [0.3, 0.4) is 0 Å². The molecule has 1 saturated carbocycles. The molecule has 2 N–H and O–H groups in total. The lowest BCUT2D eigenvalue weighted by molar-refractivity contribution is -0.121. The molecule has 0 saturated heterocycles. The molecule has 3 heteroatoms. The van der Waals surface area contributed by atoms with Crippen molar-refractivity contribution in [3.63, 3.8) is 0 Å². The molecule has 0 heterocycles. The first kappa shape index (κ1) is 15.5. The molecule has 0 aromatic carbocycles. The Balaban J connectivity index is 2.06. The Morgan fingerprint density at radius 3 is 2.61 bits per heavy atom. The molecule has 1 rings (SSSR count). The Kier molecular flexibility index (Phi) is 6.13. The minimum Gasteiger partial charge on any atom is -0.350 e. The molecule has 106 valence electrons. The number of hydrogen-bond acceptors (Lipinski definition) is 2. The second-order valence-electron chi connectivity index (χ2n) is 6.90. The van der Waals surface area contributed by atoms with Crippen LogP contribution in [0, 0.1) is 11.8 Å². The van der Waals surface area contributed by atoms with E-state index in [1.807, 2.05) is 20.8 Å². The molecular weight excluding hydrogens is 224 g/mol. The van der Waals surface area contributed by atoms with Gasteiger partial charge in [0.1, 0.15) is 0 Å². The second kappa shape index (κ2) is 7.13. The Bertz CT molecular complexity index is 258. The van der Waals surface area contributed by atoms with Crippen molar-refractivity contribution in [3.05, 3.63) is 0 Å². The molecule has 0 spiro atoms. The summed E-state index contributed by atoms with van der Waals surface area (Å²) in [5, 5.41) is 6.22. The van der Waals surface area contributed by atoms with E-state index >= 15 is 0 Å². The van der Waals surface area contributed by atoms with E-state index < -0.39 is 0 Å². The van der Waals surface area contributed by atoms with Gasteiger partial charge in [0.05, 0.1) is 6.54 Å². The molecule has 0 aromatic heterocycles. The normalized spacial score (nSPS) is 24.9. The van der Waals surface area contributed by atoms with E-state index in [4.69, 9.17) is 0 Å². The highest BCUT2D eigenvalue weighted by Gasteiger charge is 2.18. The number of carbonyl (C=O) groups excluding carboxylic acids is 1. The van der Waals surface area contributed by atoms with Crippen molar-refractivity contribution >= 4 is 5.91 Å². The van der Waals surface area contributed by atoms with Crippen molar-refractivity contribution in [1.29, 1.82) is 0 Å². The van der Waals surface area contributed by atoms with Gasteiger partial charge < -0.3 is 10.6 Å². The first-order valence-corrected chi connectivity index (χ1v) is 7.38. The van der Waals surface area contributed by atoms with Crippen LogP contribution in [-0.2, 0) is 4.79 Å². The predicted octanol–water partition coefficient (Wildman–Crippen LogP) is 2.71. The topological polar surface area (TPSA) is 41.1 Å². The summed E-state index contributed by atoms with van der Waals surface area (Å²) in [6.07, 6.45) is 6.75. The van der Waals surface area contributed by atoms with Crippen molar-refractivity contribution in [2.24, 2.45) is 11.8 Å². The van der Waals surface area contributed by atoms with Gasteiger partial charge in [-0.1, -0.05) is 26.2 Å². The van der Waals surface area contributed by atoms with E-state index in [2.05, 4.69) is 17.6 Å². The van der Waals surface area contributed by atoms with Crippen molar-refractivity contribution in [1.82, 2.24) is 10.6 Å². The maximum absolute atomic E-state index is 11.6. The first-order valence-electron chi connectivity index (χ1n) is 7.38. The van der Waals surface area contributed by atoms with Gasteiger partial charge >= 0.3 is 0 Å². The zero-order valence-electron chi connectivity index (χ0n) is 12.5. The first-order chi connectivity index (χ1) is 8.37. The van der Waals surface area contributed by atoms with Crippen LogP contribution in [0.2, 0.25) is 0 Å². The smallest absolute Gasteiger partial charge is 0.234 e. The van der Waals surface area contributed by atoms with Gasteiger partial charge in [0.15, 0.2) is 0 Å². The molecule has 3 nitrogen and oxygen atoms in total. The Labute approximate surface area is 112 Å². The van der Waals surface area contributed by atoms with Crippen molar-refractivity contribution in [2.45, 2.75) is 65.3 Å². The zero-order valence-corrected chi connectivity index (χ0v) is 12.5. The number of nitrogens with one attached hydrogen (secondary N) is 2. The van der Waals surface area contributed by atoms with Crippen LogP contribution in [0.15, 0.2) is 0 Å². The lowest BCUT2D eigenvalue weighted by Gasteiger charge is -2.26. The summed E-state index contributed by atoms with van der Waals surface area (Å²) in [5.41, 5.74) is -0.127. The molecule has 0 aromatic rings. The average molecular weight is 254 g/mol. The summed E-state index contributed by atoms with van der Waals surface area (Å²) in [5.74, 6) is 1.86. The zero-order chi connectivity index (χ0) is 13.6. The molecular formula is C15H30N2O. The van der Waals surface area contributed by atoms with Crippen LogP contribution >= 0.6 is 0 Å². The predicted molar refractivity (Wildman–Crippen MR) is 76.5 cm³/mol. The summed E-state index contributed by atoms with van der Waals surface area (Å²) in [6, 6.07) is 0. The van der Waals surface area contributed by atoms with Crippen LogP contribution in [0.4, 0.5) is 0 Å². The molecule has 0 radical (unpaired) electrons. The monoisotopic (exact) mass is 254 g/mol. The van der Waals surface area contributed by atoms with Crippen LogP contribution in [-0.4, -0.2) is 24.5 Å². The molecule has 0 aliphatic heterocycles. The summed E-state index contributed by atoms with van der Waals surface area (Å²) in [7, 11) is 0. The van der Waals surface area contributed by atoms with Crippen LogP contribution in [0.25, 0.3) is 0 Å². The van der Waals surface area contributed by atoms with E-state index in [0.717, 1.165) is 18.4 Å². The molecule has 2 atom stereocenters. The molecule has 2 unspecified atom stereocenters. The summed E-state index contributed by atoms with van der Waals surface area (Å²) in [6.45, 7) is 9.79. The fourth-order valence-corrected chi connectivity index (χ4v) is 2.79. The van der Waals surface area contributed by atoms with Gasteiger partial charge in [-0.25, -0.2) is 0 Å². The maximum atomic E-state index is 11.6. The fraction of sp³-hybridized carbons (Fsp3) is 0.933. The van der Waals surface area contributed by atoms with Crippen LogP contribution in [0.5, 0.6) is 0 Å². The van der Waals surface area contributed by atoms with E-state index in [-0.39, 0.29) is 11.4 Å². The summed E-state index contributed by atoms with van der Waals surface area (Å²) in [4.78, 5) is 11.6. The average Bonchev–Trinajstić information content (AvgIpc) is 2.22. The van der Waals surface area contributed by atoms with E-state index in [1.165, 1.54) is 32.1 Å². The lowest BCUT2D eigenvalue weighted by Crippen LogP contribution is -2.45. The van der Waals surface area contributed by atoms with Crippen LogP contribution in [0.1, 0.15) is 59.8 Å². The van der Waals surface area contributed by atoms with Crippen molar-refractivity contribution in [3.8, 4) is 0 Å². The summed E-state index contributed by atoms with van der Waals surface area (Å²) >= 11 is 0. The third-order valence-corrected chi connectivity index (χ3v) is 3.57. The third-order valence-electron chi connectivity index (χ3n) is 3.57. The van der Waals surface area contributed by atoms with Gasteiger partial charge in [-0.3, -0.25) is 4.79 Å². The standard InChI is InChI=1S/C15H30N2O/c1-12-6-5-7-13(10-12)8-9-16-11-14(18)17-15(2,3)4/h12-13,16H,5-11H2,1-4H3,(H,17,18). The highest BCUT2D eigenvalue weighted by molar-refractivity contribution is 5.78. The van der Waals surface area contributed by atoms with Gasteiger partial charge in [-0.2, -0.15) is 0 Å². The van der Waals surface area contributed by atoms with Gasteiger partial charge in [0.2, 0.25) is 5.91 Å². The van der Waals surface area contributed by atoms with E-state index in [1.54, 1.807) is 0 Å². The van der Waals surface area contributed by atoms with Crippen molar-refractivity contribution in [2.75, 3.05) is 13.1 Å². The van der Waals surface area contributed by atoms with Crippen LogP contribution < -0.4 is 10.6 Å². The molecule has 1 fully saturated rings. The third kappa shape index (κ3) is 7.00. The molecule has 1 amide bonds. The van der Waals surface area contributed by atoms with E-state index in [9.17, 15) is 4.79 Å². The largest absolute Gasteiger partial charge is 0.350 e. The Morgan fingerprint density at radius 2 is 2.00 bits per heavy atom. The summed E-state index contributed by atoms with van der Waals surface area (Å²) < 4.78 is 0. The Morgan fingerprint density at radius 1 is 1.28 bits per heavy atom. The quantitative estimate of drug-likeness (QED) is 0.741.